The summed E-state index contributed by atoms with van der Waals surface area (Å²) in [7, 11) is 1.47. The highest BCUT2D eigenvalue weighted by Gasteiger charge is 2.36. The van der Waals surface area contributed by atoms with E-state index in [-0.39, 0.29) is 24.6 Å². The van der Waals surface area contributed by atoms with E-state index >= 15 is 0 Å². The van der Waals surface area contributed by atoms with Gasteiger partial charge < -0.3 is 24.3 Å². The number of rotatable bonds is 7. The van der Waals surface area contributed by atoms with Crippen LogP contribution in [0.1, 0.15) is 29.9 Å². The number of benzene rings is 2. The summed E-state index contributed by atoms with van der Waals surface area (Å²) in [5, 5.41) is 3.33. The van der Waals surface area contributed by atoms with E-state index < -0.39 is 35.0 Å². The smallest absolute Gasteiger partial charge is 0.419 e. The first kappa shape index (κ1) is 25.8. The zero-order valence-electron chi connectivity index (χ0n) is 19.7. The highest BCUT2D eigenvalue weighted by molar-refractivity contribution is 5.92. The normalized spacial score (nSPS) is 17.2. The van der Waals surface area contributed by atoms with Crippen molar-refractivity contribution in [2.45, 2.75) is 32.2 Å². The number of hydrogen-bond acceptors (Lipinski definition) is 7. The Balaban J connectivity index is 1.69. The van der Waals surface area contributed by atoms with E-state index in [9.17, 15) is 22.0 Å². The number of methoxy groups -OCH3 is 1. The third kappa shape index (κ3) is 5.59. The van der Waals surface area contributed by atoms with Gasteiger partial charge in [0.05, 0.1) is 44.1 Å². The summed E-state index contributed by atoms with van der Waals surface area (Å²) < 4.78 is 90.5. The van der Waals surface area contributed by atoms with Crippen molar-refractivity contribution in [3.05, 3.63) is 52.9 Å². The van der Waals surface area contributed by atoms with Crippen LogP contribution in [0.4, 0.5) is 27.8 Å². The van der Waals surface area contributed by atoms with Crippen LogP contribution in [0.3, 0.4) is 0 Å². The zero-order valence-corrected chi connectivity index (χ0v) is 19.7. The Labute approximate surface area is 203 Å². The summed E-state index contributed by atoms with van der Waals surface area (Å²) in [6.07, 6.45) is -5.32. The average Bonchev–Trinajstić information content (AvgIpc) is 2.83. The Morgan fingerprint density at radius 1 is 1.11 bits per heavy atom. The quantitative estimate of drug-likeness (QED) is 0.435. The molecule has 1 saturated heterocycles. The number of ether oxygens (including phenoxy) is 4. The van der Waals surface area contributed by atoms with Gasteiger partial charge in [0.1, 0.15) is 36.0 Å². The lowest BCUT2D eigenvalue weighted by molar-refractivity contribution is -0.140. The molecule has 1 aromatic heterocycles. The van der Waals surface area contributed by atoms with Gasteiger partial charge in [0.25, 0.3) is 0 Å². The van der Waals surface area contributed by atoms with E-state index in [0.717, 1.165) is 6.07 Å². The second-order valence-corrected chi connectivity index (χ2v) is 8.24. The number of aryl methyl sites for hydroxylation is 1. The van der Waals surface area contributed by atoms with Crippen LogP contribution in [0.2, 0.25) is 0 Å². The van der Waals surface area contributed by atoms with Gasteiger partial charge in [-0.3, -0.25) is 0 Å². The average molecular weight is 513 g/mol. The molecule has 1 aliphatic rings. The molecule has 2 atom stereocenters. The molecule has 0 bridgehead atoms. The van der Waals surface area contributed by atoms with E-state index in [2.05, 4.69) is 15.3 Å². The van der Waals surface area contributed by atoms with Crippen molar-refractivity contribution < 1.29 is 40.9 Å². The van der Waals surface area contributed by atoms with Crippen molar-refractivity contribution in [2.75, 3.05) is 38.9 Å². The molecule has 1 aliphatic heterocycles. The van der Waals surface area contributed by atoms with Crippen molar-refractivity contribution in [3.63, 3.8) is 0 Å². The maximum Gasteiger partial charge on any atom is 0.419 e. The van der Waals surface area contributed by atoms with Crippen LogP contribution in [0.25, 0.3) is 10.9 Å². The summed E-state index contributed by atoms with van der Waals surface area (Å²) in [4.78, 5) is 8.71. The highest BCUT2D eigenvalue weighted by Crippen LogP contribution is 2.38. The van der Waals surface area contributed by atoms with Gasteiger partial charge in [-0.25, -0.2) is 18.7 Å². The molecular weight excluding hydrogens is 489 g/mol. The molecule has 4 rings (SSSR count). The molecule has 1 N–H and O–H groups in total. The highest BCUT2D eigenvalue weighted by atomic mass is 19.4. The summed E-state index contributed by atoms with van der Waals surface area (Å²) in [6, 6.07) is 3.01. The molecule has 1 fully saturated rings. The van der Waals surface area contributed by atoms with E-state index in [0.29, 0.717) is 48.0 Å². The fourth-order valence-electron chi connectivity index (χ4n) is 3.87. The molecule has 0 amide bonds. The van der Waals surface area contributed by atoms with E-state index in [1.807, 2.05) is 0 Å². The van der Waals surface area contributed by atoms with Crippen molar-refractivity contribution >= 4 is 16.7 Å². The van der Waals surface area contributed by atoms with Crippen LogP contribution < -0.4 is 14.8 Å². The second-order valence-electron chi connectivity index (χ2n) is 8.24. The molecular formula is C24H24F5N3O4. The molecule has 0 unspecified atom stereocenters. The minimum absolute atomic E-state index is 0.132. The van der Waals surface area contributed by atoms with Crippen molar-refractivity contribution in [2.24, 2.45) is 0 Å². The maximum absolute atomic E-state index is 14.7. The number of nitrogens with one attached hydrogen (secondary N) is 1. The predicted molar refractivity (Wildman–Crippen MR) is 120 cm³/mol. The summed E-state index contributed by atoms with van der Waals surface area (Å²) in [5.41, 5.74) is -1.72. The predicted octanol–water partition coefficient (Wildman–Crippen LogP) is 5.21. The fraction of sp³-hybridized carbons (Fsp3) is 0.417. The Kier molecular flexibility index (Phi) is 7.46. The number of halogens is 5. The van der Waals surface area contributed by atoms with Crippen LogP contribution in [0.5, 0.6) is 11.5 Å². The second kappa shape index (κ2) is 10.4. The van der Waals surface area contributed by atoms with Crippen LogP contribution in [0, 0.1) is 18.6 Å². The standard InChI is InChI=1S/C24H24F5N3O4/c1-12(16-6-14(25)7-18(22(16)26)24(27,28)29)30-23-17-8-21(36-11-15-10-34-4-5-35-15)20(33-3)9-19(17)31-13(2)32-23/h6-9,12,15H,4-5,10-11H2,1-3H3,(H,30,31,32)/t12-,15-/m1/s1. The molecule has 12 heteroatoms. The van der Waals surface area contributed by atoms with Gasteiger partial charge in [0, 0.05) is 17.0 Å². The number of alkyl halides is 3. The molecule has 0 aliphatic carbocycles. The Hall–Kier alpha value is -3.25. The first-order chi connectivity index (χ1) is 17.1. The first-order valence-corrected chi connectivity index (χ1v) is 11.1. The number of anilines is 1. The molecule has 194 valence electrons. The number of nitrogens with zero attached hydrogens (tertiary/aromatic N) is 2. The number of aromatic nitrogens is 2. The first-order valence-electron chi connectivity index (χ1n) is 11.1. The lowest BCUT2D eigenvalue weighted by Gasteiger charge is -2.23. The maximum atomic E-state index is 14.7. The van der Waals surface area contributed by atoms with Gasteiger partial charge in [0.15, 0.2) is 11.5 Å². The Bertz CT molecular complexity index is 1250. The lowest BCUT2D eigenvalue weighted by atomic mass is 10.0. The van der Waals surface area contributed by atoms with Crippen molar-refractivity contribution in [3.8, 4) is 11.5 Å². The lowest BCUT2D eigenvalue weighted by Crippen LogP contribution is -2.33. The van der Waals surface area contributed by atoms with Gasteiger partial charge in [-0.2, -0.15) is 13.2 Å². The Morgan fingerprint density at radius 2 is 1.89 bits per heavy atom. The number of hydrogen-bond donors (Lipinski definition) is 1. The summed E-state index contributed by atoms with van der Waals surface area (Å²) in [5.74, 6) is -1.48. The molecule has 3 aromatic rings. The third-order valence-electron chi connectivity index (χ3n) is 5.59. The van der Waals surface area contributed by atoms with E-state index in [1.165, 1.54) is 14.0 Å². The molecule has 2 heterocycles. The minimum atomic E-state index is -5.05. The SMILES string of the molecule is COc1cc2nc(C)nc(N[C@H](C)c3cc(F)cc(C(F)(F)F)c3F)c2cc1OC[C@H]1COCCO1. The molecule has 7 nitrogen and oxygen atoms in total. The fourth-order valence-corrected chi connectivity index (χ4v) is 3.87. The monoisotopic (exact) mass is 513 g/mol. The van der Waals surface area contributed by atoms with Crippen LogP contribution in [-0.4, -0.2) is 49.6 Å². The van der Waals surface area contributed by atoms with E-state index in [1.54, 1.807) is 19.1 Å². The molecule has 0 radical (unpaired) electrons. The summed E-state index contributed by atoms with van der Waals surface area (Å²) in [6.45, 7) is 4.55. The number of fused-ring (bicyclic) bond motifs is 1. The van der Waals surface area contributed by atoms with Crippen LogP contribution in [-0.2, 0) is 15.7 Å². The Morgan fingerprint density at radius 3 is 2.56 bits per heavy atom. The molecule has 36 heavy (non-hydrogen) atoms. The van der Waals surface area contributed by atoms with Gasteiger partial charge in [0.2, 0.25) is 0 Å². The zero-order chi connectivity index (χ0) is 26.0. The van der Waals surface area contributed by atoms with Crippen molar-refractivity contribution in [1.82, 2.24) is 9.97 Å². The summed E-state index contributed by atoms with van der Waals surface area (Å²) >= 11 is 0. The van der Waals surface area contributed by atoms with Crippen LogP contribution in [0.15, 0.2) is 24.3 Å². The largest absolute Gasteiger partial charge is 0.493 e. The van der Waals surface area contributed by atoms with E-state index in [4.69, 9.17) is 18.9 Å². The molecule has 2 aromatic carbocycles. The van der Waals surface area contributed by atoms with Gasteiger partial charge in [-0.15, -0.1) is 0 Å². The third-order valence-corrected chi connectivity index (χ3v) is 5.59. The molecule has 0 saturated carbocycles. The molecule has 0 spiro atoms. The van der Waals surface area contributed by atoms with Crippen molar-refractivity contribution in [1.29, 1.82) is 0 Å². The van der Waals surface area contributed by atoms with Crippen LogP contribution >= 0.6 is 0 Å². The topological polar surface area (TPSA) is 74.7 Å². The minimum Gasteiger partial charge on any atom is -0.493 e. The van der Waals surface area contributed by atoms with Gasteiger partial charge >= 0.3 is 6.18 Å². The van der Waals surface area contributed by atoms with Gasteiger partial charge in [-0.05, 0) is 32.0 Å². The van der Waals surface area contributed by atoms with Gasteiger partial charge in [-0.1, -0.05) is 0 Å².